The van der Waals surface area contributed by atoms with Crippen LogP contribution >= 0.6 is 35.0 Å². The van der Waals surface area contributed by atoms with Crippen molar-refractivity contribution in [2.75, 3.05) is 16.4 Å². The number of rotatable bonds is 2. The van der Waals surface area contributed by atoms with E-state index in [-0.39, 0.29) is 34.6 Å². The number of halogens is 2. The van der Waals surface area contributed by atoms with Gasteiger partial charge in [-0.05, 0) is 18.2 Å². The molecule has 130 valence electrons. The summed E-state index contributed by atoms with van der Waals surface area (Å²) in [7, 11) is -3.09. The summed E-state index contributed by atoms with van der Waals surface area (Å²) in [6.07, 6.45) is 0. The Kier molecular flexibility index (Phi) is 4.90. The van der Waals surface area contributed by atoms with Crippen LogP contribution in [0.2, 0.25) is 10.0 Å². The van der Waals surface area contributed by atoms with Crippen LogP contribution in [0.4, 0.5) is 5.69 Å². The molecule has 1 aromatic carbocycles. The minimum atomic E-state index is -3.09. The summed E-state index contributed by atoms with van der Waals surface area (Å²) in [6, 6.07) is 4.84. The van der Waals surface area contributed by atoms with E-state index in [1.54, 1.807) is 32.0 Å². The first-order valence-electron chi connectivity index (χ1n) is 7.42. The lowest BCUT2D eigenvalue weighted by Crippen LogP contribution is -2.37. The highest BCUT2D eigenvalue weighted by molar-refractivity contribution is 8.16. The summed E-state index contributed by atoms with van der Waals surface area (Å²) < 4.78 is 24.0. The van der Waals surface area contributed by atoms with E-state index in [0.29, 0.717) is 20.9 Å². The summed E-state index contributed by atoms with van der Waals surface area (Å²) in [6.45, 7) is 3.56. The van der Waals surface area contributed by atoms with Gasteiger partial charge in [-0.15, -0.1) is 0 Å². The predicted molar refractivity (Wildman–Crippen MR) is 100 cm³/mol. The van der Waals surface area contributed by atoms with Gasteiger partial charge in [0.05, 0.1) is 27.6 Å². The third kappa shape index (κ3) is 3.45. The largest absolute Gasteiger partial charge is 0.316 e. The summed E-state index contributed by atoms with van der Waals surface area (Å²) in [5.41, 5.74) is 0.691. The van der Waals surface area contributed by atoms with Crippen LogP contribution in [-0.2, 0) is 14.6 Å². The average Bonchev–Trinajstić information content (AvgIpc) is 2.93. The Morgan fingerprint density at radius 2 is 2.00 bits per heavy atom. The van der Waals surface area contributed by atoms with E-state index in [4.69, 9.17) is 23.2 Å². The molecule has 0 saturated carbocycles. The van der Waals surface area contributed by atoms with Gasteiger partial charge in [0.2, 0.25) is 0 Å². The number of carbonyl (C=O) groups excluding carboxylic acids is 1. The van der Waals surface area contributed by atoms with Crippen LogP contribution in [-0.4, -0.2) is 42.3 Å². The molecule has 0 N–H and O–H groups in total. The number of carbonyl (C=O) groups is 1. The standard InChI is InChI=1S/C15H16Cl2N2O3S2/c1-8(2)14(20)18-15-19(9-3-4-10(16)11(17)5-9)12-6-24(21,22)7-13(12)23-15/h3-5,8,12-13H,6-7H2,1-2H3/t12-,13+/m0/s1. The maximum atomic E-state index is 12.1. The molecule has 3 rings (SSSR count). The zero-order chi connectivity index (χ0) is 17.6. The number of hydrogen-bond acceptors (Lipinski definition) is 4. The van der Waals surface area contributed by atoms with Crippen LogP contribution in [0.3, 0.4) is 0 Å². The fourth-order valence-electron chi connectivity index (χ4n) is 2.72. The highest BCUT2D eigenvalue weighted by atomic mass is 35.5. The molecule has 5 nitrogen and oxygen atoms in total. The number of nitrogens with zero attached hydrogens (tertiary/aromatic N) is 2. The number of amides is 1. The third-order valence-electron chi connectivity index (χ3n) is 3.95. The van der Waals surface area contributed by atoms with Gasteiger partial charge in [0.1, 0.15) is 0 Å². The fraction of sp³-hybridized carbons (Fsp3) is 0.467. The first-order chi connectivity index (χ1) is 11.2. The lowest BCUT2D eigenvalue weighted by Gasteiger charge is -2.25. The number of anilines is 1. The molecule has 2 atom stereocenters. The zero-order valence-corrected chi connectivity index (χ0v) is 16.2. The van der Waals surface area contributed by atoms with E-state index in [2.05, 4.69) is 4.99 Å². The van der Waals surface area contributed by atoms with E-state index in [9.17, 15) is 13.2 Å². The first-order valence-corrected chi connectivity index (χ1v) is 10.9. The molecule has 2 aliphatic rings. The van der Waals surface area contributed by atoms with E-state index in [1.807, 2.05) is 4.90 Å². The lowest BCUT2D eigenvalue weighted by molar-refractivity contribution is -0.120. The van der Waals surface area contributed by atoms with Crippen molar-refractivity contribution in [3.63, 3.8) is 0 Å². The zero-order valence-electron chi connectivity index (χ0n) is 13.1. The molecule has 2 fully saturated rings. The van der Waals surface area contributed by atoms with Gasteiger partial charge in [0, 0.05) is 16.9 Å². The highest BCUT2D eigenvalue weighted by Crippen LogP contribution is 2.42. The van der Waals surface area contributed by atoms with Gasteiger partial charge in [0.25, 0.3) is 5.91 Å². The molecular formula is C15H16Cl2N2O3S2. The first kappa shape index (κ1) is 18.0. The van der Waals surface area contributed by atoms with Crippen LogP contribution in [0.1, 0.15) is 13.8 Å². The number of hydrogen-bond donors (Lipinski definition) is 0. The van der Waals surface area contributed by atoms with E-state index in [0.717, 1.165) is 0 Å². The van der Waals surface area contributed by atoms with Gasteiger partial charge >= 0.3 is 0 Å². The van der Waals surface area contributed by atoms with Gasteiger partial charge in [0.15, 0.2) is 15.0 Å². The van der Waals surface area contributed by atoms with Gasteiger partial charge in [-0.1, -0.05) is 48.8 Å². The average molecular weight is 407 g/mol. The maximum Gasteiger partial charge on any atom is 0.250 e. The summed E-state index contributed by atoms with van der Waals surface area (Å²) >= 11 is 13.4. The van der Waals surface area contributed by atoms with Crippen molar-refractivity contribution in [2.45, 2.75) is 25.1 Å². The molecule has 0 radical (unpaired) electrons. The molecule has 24 heavy (non-hydrogen) atoms. The lowest BCUT2D eigenvalue weighted by atomic mass is 10.2. The predicted octanol–water partition coefficient (Wildman–Crippen LogP) is 3.25. The molecule has 0 spiro atoms. The molecule has 1 aromatic rings. The molecule has 0 aromatic heterocycles. The molecule has 0 bridgehead atoms. The van der Waals surface area contributed by atoms with Crippen molar-refractivity contribution in [1.82, 2.24) is 0 Å². The molecule has 2 aliphatic heterocycles. The Bertz CT molecular complexity index is 824. The molecular weight excluding hydrogens is 391 g/mol. The fourth-order valence-corrected chi connectivity index (χ4v) is 6.94. The van der Waals surface area contributed by atoms with Gasteiger partial charge in [-0.2, -0.15) is 4.99 Å². The Morgan fingerprint density at radius 1 is 1.29 bits per heavy atom. The minimum Gasteiger partial charge on any atom is -0.316 e. The second kappa shape index (κ2) is 6.52. The number of sulfone groups is 1. The Balaban J connectivity index is 2.04. The number of amidine groups is 1. The second-order valence-electron chi connectivity index (χ2n) is 6.16. The van der Waals surface area contributed by atoms with Gasteiger partial charge < -0.3 is 4.90 Å². The number of thioether (sulfide) groups is 1. The van der Waals surface area contributed by atoms with E-state index >= 15 is 0 Å². The summed E-state index contributed by atoms with van der Waals surface area (Å²) in [5.74, 6) is -0.321. The van der Waals surface area contributed by atoms with E-state index in [1.165, 1.54) is 11.8 Å². The van der Waals surface area contributed by atoms with Crippen molar-refractivity contribution < 1.29 is 13.2 Å². The second-order valence-corrected chi connectivity index (χ2v) is 10.3. The Labute approximate surface area is 155 Å². The normalized spacial score (nSPS) is 27.0. The minimum absolute atomic E-state index is 0.0415. The van der Waals surface area contributed by atoms with Crippen molar-refractivity contribution >= 4 is 61.6 Å². The molecule has 9 heteroatoms. The van der Waals surface area contributed by atoms with Crippen LogP contribution in [0, 0.1) is 5.92 Å². The third-order valence-corrected chi connectivity index (χ3v) is 7.90. The molecule has 2 saturated heterocycles. The van der Waals surface area contributed by atoms with Crippen LogP contribution in [0.25, 0.3) is 0 Å². The highest BCUT2D eigenvalue weighted by Gasteiger charge is 2.49. The van der Waals surface area contributed by atoms with Gasteiger partial charge in [-0.25, -0.2) is 8.42 Å². The molecule has 0 unspecified atom stereocenters. The van der Waals surface area contributed by atoms with Crippen molar-refractivity contribution in [1.29, 1.82) is 0 Å². The van der Waals surface area contributed by atoms with Crippen molar-refractivity contribution in [2.24, 2.45) is 10.9 Å². The molecule has 2 heterocycles. The van der Waals surface area contributed by atoms with Crippen LogP contribution < -0.4 is 4.90 Å². The topological polar surface area (TPSA) is 66.8 Å². The molecule has 1 amide bonds. The number of benzene rings is 1. The van der Waals surface area contributed by atoms with Crippen molar-refractivity contribution in [3.8, 4) is 0 Å². The molecule has 0 aliphatic carbocycles. The summed E-state index contributed by atoms with van der Waals surface area (Å²) in [5, 5.41) is 1.18. The number of aliphatic imine (C=N–C) groups is 1. The van der Waals surface area contributed by atoms with E-state index < -0.39 is 9.84 Å². The Morgan fingerprint density at radius 3 is 2.62 bits per heavy atom. The maximum absolute atomic E-state index is 12.1. The summed E-state index contributed by atoms with van der Waals surface area (Å²) in [4.78, 5) is 18.1. The van der Waals surface area contributed by atoms with Gasteiger partial charge in [-0.3, -0.25) is 4.79 Å². The smallest absolute Gasteiger partial charge is 0.250 e. The van der Waals surface area contributed by atoms with Crippen molar-refractivity contribution in [3.05, 3.63) is 28.2 Å². The van der Waals surface area contributed by atoms with Crippen LogP contribution in [0.5, 0.6) is 0 Å². The quantitative estimate of drug-likeness (QED) is 0.753. The number of fused-ring (bicyclic) bond motifs is 1. The Hall–Kier alpha value is -0.760. The SMILES string of the molecule is CC(C)C(=O)N=C1S[C@@H]2CS(=O)(=O)C[C@@H]2N1c1ccc(Cl)c(Cl)c1. The van der Waals surface area contributed by atoms with Crippen LogP contribution in [0.15, 0.2) is 23.2 Å². The monoisotopic (exact) mass is 406 g/mol.